The van der Waals surface area contributed by atoms with E-state index in [4.69, 9.17) is 9.47 Å². The maximum Gasteiger partial charge on any atom is 0.341 e. The van der Waals surface area contributed by atoms with Gasteiger partial charge in [-0.25, -0.2) is 9.59 Å². The van der Waals surface area contributed by atoms with Gasteiger partial charge in [0.2, 0.25) is 0 Å². The van der Waals surface area contributed by atoms with Gasteiger partial charge in [0.25, 0.3) is 0 Å². The predicted molar refractivity (Wildman–Crippen MR) is 110 cm³/mol. The maximum atomic E-state index is 13.5. The lowest BCUT2D eigenvalue weighted by Gasteiger charge is -2.52. The van der Waals surface area contributed by atoms with Gasteiger partial charge in [0.1, 0.15) is 11.4 Å². The lowest BCUT2D eigenvalue weighted by atomic mass is 9.66. The van der Waals surface area contributed by atoms with Crippen LogP contribution in [0.5, 0.6) is 0 Å². The first-order chi connectivity index (χ1) is 14.6. The molecule has 2 saturated carbocycles. The van der Waals surface area contributed by atoms with Crippen molar-refractivity contribution >= 4 is 11.9 Å². The number of hydrogen-bond acceptors (Lipinski definition) is 6. The van der Waals surface area contributed by atoms with Crippen LogP contribution in [0.4, 0.5) is 0 Å². The number of fused-ring (bicyclic) bond motifs is 4. The highest BCUT2D eigenvalue weighted by Crippen LogP contribution is 2.50. The van der Waals surface area contributed by atoms with E-state index in [1.54, 1.807) is 36.7 Å². The summed E-state index contributed by atoms with van der Waals surface area (Å²) < 4.78 is 12.7. The van der Waals surface area contributed by atoms with Crippen LogP contribution in [0.15, 0.2) is 36.7 Å². The molecule has 2 aromatic rings. The van der Waals surface area contributed by atoms with E-state index in [-0.39, 0.29) is 0 Å². The number of esters is 2. The molecule has 6 heteroatoms. The summed E-state index contributed by atoms with van der Waals surface area (Å²) in [6.07, 6.45) is 12.2. The molecule has 3 aliphatic rings. The molecule has 0 N–H and O–H groups in total. The molecule has 3 heterocycles. The summed E-state index contributed by atoms with van der Waals surface area (Å²) in [6.45, 7) is 0. The van der Waals surface area contributed by atoms with Gasteiger partial charge in [-0.2, -0.15) is 0 Å². The number of pyridine rings is 2. The minimum atomic E-state index is -0.786. The highest BCUT2D eigenvalue weighted by molar-refractivity contribution is 6.01. The van der Waals surface area contributed by atoms with Gasteiger partial charge in [-0.1, -0.05) is 12.8 Å². The number of ether oxygens (including phenoxy) is 2. The van der Waals surface area contributed by atoms with Crippen LogP contribution in [0.1, 0.15) is 84.9 Å². The molecule has 6 nitrogen and oxygen atoms in total. The molecular weight excluding hydrogens is 380 g/mol. The average Bonchev–Trinajstić information content (AvgIpc) is 2.79. The molecule has 30 heavy (non-hydrogen) atoms. The monoisotopic (exact) mass is 406 g/mol. The fraction of sp³-hybridized carbons (Fsp3) is 0.500. The van der Waals surface area contributed by atoms with Gasteiger partial charge in [-0.05, 0) is 75.6 Å². The number of aromatic nitrogens is 2. The highest BCUT2D eigenvalue weighted by Gasteiger charge is 2.58. The fourth-order valence-electron chi connectivity index (χ4n) is 5.53. The Hall–Kier alpha value is -2.76. The van der Waals surface area contributed by atoms with Crippen molar-refractivity contribution in [1.29, 1.82) is 0 Å². The normalized spacial score (nSPS) is 22.5. The second-order valence-electron chi connectivity index (χ2n) is 8.69. The highest BCUT2D eigenvalue weighted by atomic mass is 16.6. The third-order valence-corrected chi connectivity index (χ3v) is 7.01. The minimum absolute atomic E-state index is 0.350. The molecule has 1 aliphatic heterocycles. The van der Waals surface area contributed by atoms with Gasteiger partial charge in [-0.15, -0.1) is 0 Å². The Morgan fingerprint density at radius 1 is 0.633 bits per heavy atom. The molecule has 156 valence electrons. The van der Waals surface area contributed by atoms with Gasteiger partial charge in [0.05, 0.1) is 11.1 Å². The van der Waals surface area contributed by atoms with Crippen molar-refractivity contribution < 1.29 is 19.1 Å². The summed E-state index contributed by atoms with van der Waals surface area (Å²) in [5.74, 6) is -0.806. The van der Waals surface area contributed by atoms with Gasteiger partial charge in [0, 0.05) is 12.4 Å². The summed E-state index contributed by atoms with van der Waals surface area (Å²) in [5.41, 5.74) is -0.149. The molecule has 0 unspecified atom stereocenters. The standard InChI is InChI=1S/C24H26N2O4/c27-21-17-9-7-15-25-19(17)20-18(10-8-16-26-20)22(28)30-24(13-5-2-6-14-24)23(29-21)11-3-1-4-12-23/h7-10,15-16H,1-6,11-14H2. The van der Waals surface area contributed by atoms with Gasteiger partial charge in [-0.3, -0.25) is 9.97 Å². The Kier molecular flexibility index (Phi) is 4.80. The van der Waals surface area contributed by atoms with Crippen molar-refractivity contribution in [3.63, 3.8) is 0 Å². The number of carbonyl (C=O) groups is 2. The van der Waals surface area contributed by atoms with Crippen LogP contribution in [0, 0.1) is 0 Å². The molecule has 0 atom stereocenters. The van der Waals surface area contributed by atoms with E-state index >= 15 is 0 Å². The summed E-state index contributed by atoms with van der Waals surface area (Å²) in [6, 6.07) is 6.85. The maximum absolute atomic E-state index is 13.5. The molecule has 0 aromatic carbocycles. The second kappa shape index (κ2) is 7.49. The van der Waals surface area contributed by atoms with Crippen LogP contribution in [0.25, 0.3) is 11.4 Å². The number of nitrogens with zero attached hydrogens (tertiary/aromatic N) is 2. The van der Waals surface area contributed by atoms with Crippen molar-refractivity contribution in [2.24, 2.45) is 0 Å². The first kappa shape index (κ1) is 19.2. The van der Waals surface area contributed by atoms with Crippen molar-refractivity contribution in [3.8, 4) is 11.4 Å². The molecule has 0 radical (unpaired) electrons. The number of carbonyl (C=O) groups excluding carboxylic acids is 2. The third kappa shape index (κ3) is 3.01. The van der Waals surface area contributed by atoms with Crippen LogP contribution >= 0.6 is 0 Å². The molecule has 0 bridgehead atoms. The van der Waals surface area contributed by atoms with E-state index in [1.807, 2.05) is 0 Å². The summed E-state index contributed by atoms with van der Waals surface area (Å²) in [4.78, 5) is 35.7. The Bertz CT molecular complexity index is 895. The lowest BCUT2D eigenvalue weighted by Crippen LogP contribution is -2.61. The van der Waals surface area contributed by atoms with Crippen LogP contribution in [-0.2, 0) is 9.47 Å². The second-order valence-corrected chi connectivity index (χ2v) is 8.69. The SMILES string of the molecule is O=C1OC2(CCCCC2)C2(CCCCC2)OC(=O)c2cccnc2-c2ncccc21. The molecule has 5 rings (SSSR count). The summed E-state index contributed by atoms with van der Waals surface area (Å²) in [5, 5.41) is 0. The number of hydrogen-bond donors (Lipinski definition) is 0. The predicted octanol–water partition coefficient (Wildman–Crippen LogP) is 4.88. The Morgan fingerprint density at radius 3 is 1.43 bits per heavy atom. The van der Waals surface area contributed by atoms with E-state index in [0.29, 0.717) is 22.5 Å². The fourth-order valence-corrected chi connectivity index (χ4v) is 5.53. The lowest BCUT2D eigenvalue weighted by molar-refractivity contribution is -0.187. The van der Waals surface area contributed by atoms with E-state index in [2.05, 4.69) is 9.97 Å². The molecule has 0 saturated heterocycles. The van der Waals surface area contributed by atoms with Crippen molar-refractivity contribution in [2.45, 2.75) is 75.4 Å². The Labute approximate surface area is 176 Å². The zero-order valence-electron chi connectivity index (χ0n) is 17.1. The first-order valence-corrected chi connectivity index (χ1v) is 11.0. The van der Waals surface area contributed by atoms with Crippen LogP contribution in [-0.4, -0.2) is 33.1 Å². The molecule has 2 aliphatic carbocycles. The Balaban J connectivity index is 1.72. The largest absolute Gasteiger partial charge is 0.451 e. The number of rotatable bonds is 0. The van der Waals surface area contributed by atoms with Crippen molar-refractivity contribution in [2.75, 3.05) is 0 Å². The summed E-state index contributed by atoms with van der Waals surface area (Å²) in [7, 11) is 0. The average molecular weight is 406 g/mol. The molecule has 2 fully saturated rings. The van der Waals surface area contributed by atoms with E-state index in [0.717, 1.165) is 64.2 Å². The van der Waals surface area contributed by atoms with Crippen molar-refractivity contribution in [1.82, 2.24) is 9.97 Å². The topological polar surface area (TPSA) is 78.4 Å². The van der Waals surface area contributed by atoms with Crippen LogP contribution in [0.2, 0.25) is 0 Å². The molecule has 2 spiro atoms. The smallest absolute Gasteiger partial charge is 0.341 e. The van der Waals surface area contributed by atoms with Crippen molar-refractivity contribution in [3.05, 3.63) is 47.8 Å². The summed E-state index contributed by atoms with van der Waals surface area (Å²) >= 11 is 0. The first-order valence-electron chi connectivity index (χ1n) is 11.0. The molecule has 0 amide bonds. The molecule has 2 aromatic heterocycles. The van der Waals surface area contributed by atoms with Gasteiger partial charge < -0.3 is 9.47 Å². The van der Waals surface area contributed by atoms with Crippen LogP contribution < -0.4 is 0 Å². The van der Waals surface area contributed by atoms with Crippen LogP contribution in [0.3, 0.4) is 0 Å². The molecular formula is C24H26N2O4. The van der Waals surface area contributed by atoms with E-state index in [1.165, 1.54) is 0 Å². The van der Waals surface area contributed by atoms with E-state index in [9.17, 15) is 9.59 Å². The van der Waals surface area contributed by atoms with E-state index < -0.39 is 23.1 Å². The third-order valence-electron chi connectivity index (χ3n) is 7.01. The van der Waals surface area contributed by atoms with Gasteiger partial charge in [0.15, 0.2) is 11.2 Å². The quantitative estimate of drug-likeness (QED) is 0.581. The zero-order chi connectivity index (χ0) is 20.6. The zero-order valence-corrected chi connectivity index (χ0v) is 17.1. The Morgan fingerprint density at radius 2 is 1.03 bits per heavy atom. The minimum Gasteiger partial charge on any atom is -0.451 e. The van der Waals surface area contributed by atoms with Gasteiger partial charge >= 0.3 is 11.9 Å².